The molecule has 0 aliphatic carbocycles. The molecule has 1 aliphatic heterocycles. The lowest BCUT2D eigenvalue weighted by molar-refractivity contribution is 0.0756. The lowest BCUT2D eigenvalue weighted by atomic mass is 10.3. The number of aryl methyl sites for hydroxylation is 2. The third-order valence-electron chi connectivity index (χ3n) is 4.76. The van der Waals surface area contributed by atoms with Gasteiger partial charge in [-0.1, -0.05) is 12.1 Å². The highest BCUT2D eigenvalue weighted by Gasteiger charge is 2.23. The van der Waals surface area contributed by atoms with Crippen molar-refractivity contribution in [2.75, 3.05) is 31.1 Å². The molecule has 0 bridgehead atoms. The Morgan fingerprint density at radius 3 is 2.65 bits per heavy atom. The minimum Gasteiger partial charge on any atom is -0.353 e. The zero-order chi connectivity index (χ0) is 18.1. The lowest BCUT2D eigenvalue weighted by Gasteiger charge is -2.22. The van der Waals surface area contributed by atoms with Crippen LogP contribution in [0.15, 0.2) is 36.5 Å². The van der Waals surface area contributed by atoms with Crippen LogP contribution in [0.25, 0.3) is 11.0 Å². The van der Waals surface area contributed by atoms with E-state index in [-0.39, 0.29) is 5.91 Å². The predicted octanol–water partition coefficient (Wildman–Crippen LogP) is 2.02. The van der Waals surface area contributed by atoms with Crippen molar-refractivity contribution in [1.29, 1.82) is 0 Å². The number of aromatic nitrogens is 4. The number of carbonyl (C=O) groups excluding carboxylic acids is 1. The molecule has 3 heterocycles. The van der Waals surface area contributed by atoms with Crippen molar-refractivity contribution in [3.05, 3.63) is 47.9 Å². The summed E-state index contributed by atoms with van der Waals surface area (Å²) in [7, 11) is 1.81. The van der Waals surface area contributed by atoms with Crippen molar-refractivity contribution in [3.63, 3.8) is 0 Å². The molecule has 0 saturated carbocycles. The fraction of sp³-hybridized carbons (Fsp3) is 0.368. The quantitative estimate of drug-likeness (QED) is 0.707. The Kier molecular flexibility index (Phi) is 4.28. The first-order chi connectivity index (χ1) is 12.6. The number of nitrogens with zero attached hydrogens (tertiary/aromatic N) is 6. The number of hydrogen-bond donors (Lipinski definition) is 0. The van der Waals surface area contributed by atoms with E-state index in [9.17, 15) is 4.79 Å². The minimum atomic E-state index is 0.0412. The Labute approximate surface area is 152 Å². The Bertz CT molecular complexity index is 950. The van der Waals surface area contributed by atoms with Gasteiger partial charge in [0, 0.05) is 33.2 Å². The van der Waals surface area contributed by atoms with Crippen molar-refractivity contribution in [2.45, 2.75) is 13.3 Å². The maximum Gasteiger partial charge on any atom is 0.272 e. The highest BCUT2D eigenvalue weighted by Crippen LogP contribution is 2.18. The zero-order valence-electron chi connectivity index (χ0n) is 15.1. The number of carbonyl (C=O) groups is 1. The molecule has 3 aromatic rings. The van der Waals surface area contributed by atoms with E-state index >= 15 is 0 Å². The van der Waals surface area contributed by atoms with Gasteiger partial charge < -0.3 is 9.80 Å². The van der Waals surface area contributed by atoms with Crippen LogP contribution in [-0.2, 0) is 7.05 Å². The Morgan fingerprint density at radius 2 is 1.88 bits per heavy atom. The van der Waals surface area contributed by atoms with Crippen molar-refractivity contribution < 1.29 is 4.79 Å². The van der Waals surface area contributed by atoms with Gasteiger partial charge in [0.25, 0.3) is 5.91 Å². The molecule has 4 rings (SSSR count). The first-order valence-corrected chi connectivity index (χ1v) is 8.88. The lowest BCUT2D eigenvalue weighted by Crippen LogP contribution is -2.36. The van der Waals surface area contributed by atoms with E-state index < -0.39 is 0 Å². The topological polar surface area (TPSA) is 67.2 Å². The van der Waals surface area contributed by atoms with Gasteiger partial charge in [-0.2, -0.15) is 5.10 Å². The van der Waals surface area contributed by atoms with Gasteiger partial charge in [-0.15, -0.1) is 0 Å². The number of fused-ring (bicyclic) bond motifs is 1. The number of hydrogen-bond acceptors (Lipinski definition) is 5. The number of benzene rings is 1. The second-order valence-corrected chi connectivity index (χ2v) is 6.64. The van der Waals surface area contributed by atoms with Crippen LogP contribution in [0.3, 0.4) is 0 Å². The number of rotatable bonds is 2. The fourth-order valence-corrected chi connectivity index (χ4v) is 3.42. The molecule has 0 radical (unpaired) electrons. The van der Waals surface area contributed by atoms with Crippen LogP contribution in [0, 0.1) is 6.92 Å². The highest BCUT2D eigenvalue weighted by molar-refractivity contribution is 5.92. The molecule has 1 fully saturated rings. The van der Waals surface area contributed by atoms with Gasteiger partial charge in [0.2, 0.25) is 0 Å². The highest BCUT2D eigenvalue weighted by atomic mass is 16.2. The molecule has 1 saturated heterocycles. The normalized spacial score (nSPS) is 15.3. The molecule has 2 aromatic heterocycles. The van der Waals surface area contributed by atoms with E-state index in [0.717, 1.165) is 48.6 Å². The third-order valence-corrected chi connectivity index (χ3v) is 4.76. The van der Waals surface area contributed by atoms with Gasteiger partial charge in [0.05, 0.1) is 22.9 Å². The molecule has 26 heavy (non-hydrogen) atoms. The summed E-state index contributed by atoms with van der Waals surface area (Å²) in [5.74, 6) is 0.911. The molecular formula is C19H22N6O. The summed E-state index contributed by atoms with van der Waals surface area (Å²) in [6.45, 7) is 4.91. The maximum atomic E-state index is 12.8. The van der Waals surface area contributed by atoms with Crippen LogP contribution in [-0.4, -0.2) is 56.7 Å². The van der Waals surface area contributed by atoms with Crippen molar-refractivity contribution in [1.82, 2.24) is 24.6 Å². The summed E-state index contributed by atoms with van der Waals surface area (Å²) in [4.78, 5) is 26.2. The summed E-state index contributed by atoms with van der Waals surface area (Å²) in [6.07, 6.45) is 2.72. The van der Waals surface area contributed by atoms with E-state index in [0.29, 0.717) is 12.2 Å². The van der Waals surface area contributed by atoms with E-state index in [1.54, 1.807) is 4.68 Å². The van der Waals surface area contributed by atoms with Crippen molar-refractivity contribution in [3.8, 4) is 0 Å². The summed E-state index contributed by atoms with van der Waals surface area (Å²) >= 11 is 0. The van der Waals surface area contributed by atoms with Gasteiger partial charge >= 0.3 is 0 Å². The van der Waals surface area contributed by atoms with Crippen molar-refractivity contribution >= 4 is 22.8 Å². The average Bonchev–Trinajstić information content (AvgIpc) is 2.85. The van der Waals surface area contributed by atoms with E-state index in [1.165, 1.54) is 0 Å². The molecule has 0 atom stereocenters. The first kappa shape index (κ1) is 16.5. The van der Waals surface area contributed by atoms with Crippen LogP contribution in [0.4, 0.5) is 5.82 Å². The largest absolute Gasteiger partial charge is 0.353 e. The molecule has 0 unspecified atom stereocenters. The molecule has 7 heteroatoms. The van der Waals surface area contributed by atoms with Gasteiger partial charge in [0.1, 0.15) is 11.5 Å². The van der Waals surface area contributed by atoms with E-state index in [2.05, 4.69) is 15.0 Å². The van der Waals surface area contributed by atoms with Gasteiger partial charge in [-0.05, 0) is 31.5 Å². The van der Waals surface area contributed by atoms with E-state index in [1.807, 2.05) is 55.4 Å². The summed E-state index contributed by atoms with van der Waals surface area (Å²) in [5, 5.41) is 4.28. The van der Waals surface area contributed by atoms with Gasteiger partial charge in [0.15, 0.2) is 0 Å². The number of anilines is 1. The monoisotopic (exact) mass is 350 g/mol. The number of para-hydroxylation sites is 2. The Morgan fingerprint density at radius 1 is 1.08 bits per heavy atom. The first-order valence-electron chi connectivity index (χ1n) is 8.88. The SMILES string of the molecule is Cc1cc(C(=O)N2CCCN(c3cnc4ccccc4n3)CC2)n(C)n1. The Balaban J connectivity index is 1.50. The molecular weight excluding hydrogens is 328 g/mol. The number of amides is 1. The van der Waals surface area contributed by atoms with Crippen LogP contribution >= 0.6 is 0 Å². The zero-order valence-corrected chi connectivity index (χ0v) is 15.1. The minimum absolute atomic E-state index is 0.0412. The van der Waals surface area contributed by atoms with Crippen LogP contribution in [0.1, 0.15) is 22.6 Å². The second kappa shape index (κ2) is 6.74. The molecule has 134 valence electrons. The molecule has 1 aromatic carbocycles. The maximum absolute atomic E-state index is 12.8. The molecule has 1 amide bonds. The second-order valence-electron chi connectivity index (χ2n) is 6.64. The standard InChI is InChI=1S/C19H22N6O/c1-14-12-17(23(2)22-14)19(26)25-9-5-8-24(10-11-25)18-13-20-15-6-3-4-7-16(15)21-18/h3-4,6-7,12-13H,5,8-11H2,1-2H3. The molecule has 0 N–H and O–H groups in total. The molecule has 1 aliphatic rings. The van der Waals surface area contributed by atoms with Crippen LogP contribution < -0.4 is 4.90 Å². The van der Waals surface area contributed by atoms with Crippen LogP contribution in [0.2, 0.25) is 0 Å². The van der Waals surface area contributed by atoms with E-state index in [4.69, 9.17) is 4.98 Å². The molecule has 7 nitrogen and oxygen atoms in total. The van der Waals surface area contributed by atoms with Gasteiger partial charge in [-0.25, -0.2) is 4.98 Å². The Hall–Kier alpha value is -2.96. The third kappa shape index (κ3) is 3.12. The van der Waals surface area contributed by atoms with Crippen LogP contribution in [0.5, 0.6) is 0 Å². The summed E-state index contributed by atoms with van der Waals surface area (Å²) in [5.41, 5.74) is 3.29. The van der Waals surface area contributed by atoms with Crippen molar-refractivity contribution in [2.24, 2.45) is 7.05 Å². The predicted molar refractivity (Wildman–Crippen MR) is 100 cm³/mol. The smallest absolute Gasteiger partial charge is 0.272 e. The summed E-state index contributed by atoms with van der Waals surface area (Å²) < 4.78 is 1.66. The molecule has 0 spiro atoms. The average molecular weight is 350 g/mol. The van der Waals surface area contributed by atoms with Gasteiger partial charge in [-0.3, -0.25) is 14.5 Å². The fourth-order valence-electron chi connectivity index (χ4n) is 3.42. The summed E-state index contributed by atoms with van der Waals surface area (Å²) in [6, 6.07) is 9.72.